The summed E-state index contributed by atoms with van der Waals surface area (Å²) in [5, 5.41) is 13.2. The van der Waals surface area contributed by atoms with Gasteiger partial charge in [-0.3, -0.25) is 9.59 Å². The zero-order valence-corrected chi connectivity index (χ0v) is 16.8. The first-order valence-electron chi connectivity index (χ1n) is 9.96. The third-order valence-corrected chi connectivity index (χ3v) is 5.34. The molecule has 0 radical (unpaired) electrons. The number of amides is 2. The SMILES string of the molecule is COc1cccc2cc(C(=O)Nc3ccc(CC(=O)N4CCC(O)CC4)cc3)oc12. The summed E-state index contributed by atoms with van der Waals surface area (Å²) in [5.74, 6) is 0.462. The second kappa shape index (κ2) is 8.59. The number of methoxy groups -OCH3 is 1. The Morgan fingerprint density at radius 3 is 2.60 bits per heavy atom. The van der Waals surface area contributed by atoms with E-state index >= 15 is 0 Å². The van der Waals surface area contributed by atoms with Crippen molar-refractivity contribution >= 4 is 28.5 Å². The van der Waals surface area contributed by atoms with Gasteiger partial charge in [0.1, 0.15) is 0 Å². The van der Waals surface area contributed by atoms with E-state index in [2.05, 4.69) is 5.32 Å². The lowest BCUT2D eigenvalue weighted by atomic mass is 10.1. The number of nitrogens with zero attached hydrogens (tertiary/aromatic N) is 1. The van der Waals surface area contributed by atoms with Gasteiger partial charge >= 0.3 is 0 Å². The predicted octanol–water partition coefficient (Wildman–Crippen LogP) is 3.22. The average molecular weight is 408 g/mol. The predicted molar refractivity (Wildman–Crippen MR) is 113 cm³/mol. The van der Waals surface area contributed by atoms with Gasteiger partial charge < -0.3 is 24.5 Å². The quantitative estimate of drug-likeness (QED) is 0.676. The van der Waals surface area contributed by atoms with Crippen LogP contribution in [0.15, 0.2) is 52.9 Å². The van der Waals surface area contributed by atoms with Crippen LogP contribution in [0.3, 0.4) is 0 Å². The zero-order valence-electron chi connectivity index (χ0n) is 16.8. The van der Waals surface area contributed by atoms with Crippen LogP contribution in [0.2, 0.25) is 0 Å². The number of para-hydroxylation sites is 1. The lowest BCUT2D eigenvalue weighted by Crippen LogP contribution is -2.40. The molecule has 0 atom stereocenters. The number of nitrogens with one attached hydrogen (secondary N) is 1. The molecule has 30 heavy (non-hydrogen) atoms. The van der Waals surface area contributed by atoms with Crippen molar-refractivity contribution in [3.8, 4) is 5.75 Å². The number of carbonyl (C=O) groups excluding carboxylic acids is 2. The van der Waals surface area contributed by atoms with E-state index in [1.165, 1.54) is 0 Å². The number of hydrogen-bond acceptors (Lipinski definition) is 5. The van der Waals surface area contributed by atoms with Gasteiger partial charge in [0.2, 0.25) is 5.91 Å². The van der Waals surface area contributed by atoms with E-state index in [0.717, 1.165) is 10.9 Å². The smallest absolute Gasteiger partial charge is 0.291 e. The number of piperidine rings is 1. The van der Waals surface area contributed by atoms with Crippen LogP contribution in [0.1, 0.15) is 29.0 Å². The lowest BCUT2D eigenvalue weighted by molar-refractivity contribution is -0.132. The molecule has 3 aromatic rings. The summed E-state index contributed by atoms with van der Waals surface area (Å²) >= 11 is 0. The number of aliphatic hydroxyl groups is 1. The number of benzene rings is 2. The van der Waals surface area contributed by atoms with E-state index in [1.54, 1.807) is 36.3 Å². The van der Waals surface area contributed by atoms with E-state index in [9.17, 15) is 14.7 Å². The molecule has 0 unspecified atom stereocenters. The Bertz CT molecular complexity index is 1050. The largest absolute Gasteiger partial charge is 0.493 e. The van der Waals surface area contributed by atoms with Crippen LogP contribution in [0.4, 0.5) is 5.69 Å². The van der Waals surface area contributed by atoms with E-state index in [-0.39, 0.29) is 23.7 Å². The van der Waals surface area contributed by atoms with Crippen molar-refractivity contribution in [1.82, 2.24) is 4.90 Å². The molecule has 2 aromatic carbocycles. The second-order valence-electron chi connectivity index (χ2n) is 7.43. The fraction of sp³-hybridized carbons (Fsp3) is 0.304. The third-order valence-electron chi connectivity index (χ3n) is 5.34. The molecular weight excluding hydrogens is 384 g/mol. The summed E-state index contributed by atoms with van der Waals surface area (Å²) in [6.45, 7) is 1.19. The van der Waals surface area contributed by atoms with E-state index in [4.69, 9.17) is 9.15 Å². The summed E-state index contributed by atoms with van der Waals surface area (Å²) < 4.78 is 10.9. The van der Waals surface area contributed by atoms with Crippen molar-refractivity contribution in [3.63, 3.8) is 0 Å². The van der Waals surface area contributed by atoms with E-state index in [1.807, 2.05) is 24.3 Å². The van der Waals surface area contributed by atoms with Gasteiger partial charge in [0.05, 0.1) is 19.6 Å². The van der Waals surface area contributed by atoms with Gasteiger partial charge in [0.15, 0.2) is 17.1 Å². The highest BCUT2D eigenvalue weighted by molar-refractivity contribution is 6.05. The molecule has 1 fully saturated rings. The Balaban J connectivity index is 1.38. The van der Waals surface area contributed by atoms with Gasteiger partial charge in [-0.1, -0.05) is 24.3 Å². The molecule has 7 nitrogen and oxygen atoms in total. The molecule has 156 valence electrons. The number of rotatable bonds is 5. The number of carbonyl (C=O) groups is 2. The molecule has 1 saturated heterocycles. The molecule has 7 heteroatoms. The van der Waals surface area contributed by atoms with E-state index < -0.39 is 0 Å². The molecule has 0 aliphatic carbocycles. The maximum absolute atomic E-state index is 12.6. The second-order valence-corrected chi connectivity index (χ2v) is 7.43. The summed E-state index contributed by atoms with van der Waals surface area (Å²) in [4.78, 5) is 26.8. The normalized spacial score (nSPS) is 14.7. The van der Waals surface area contributed by atoms with Crippen LogP contribution in [0, 0.1) is 0 Å². The van der Waals surface area contributed by atoms with Crippen LogP contribution in [-0.2, 0) is 11.2 Å². The Morgan fingerprint density at radius 1 is 1.17 bits per heavy atom. The van der Waals surface area contributed by atoms with Gasteiger partial charge in [-0.15, -0.1) is 0 Å². The third kappa shape index (κ3) is 4.31. The van der Waals surface area contributed by atoms with Gasteiger partial charge in [-0.25, -0.2) is 0 Å². The van der Waals surface area contributed by atoms with Crippen molar-refractivity contribution in [1.29, 1.82) is 0 Å². The minimum absolute atomic E-state index is 0.0508. The molecular formula is C23H24N2O5. The van der Waals surface area contributed by atoms with Gasteiger partial charge in [0.25, 0.3) is 5.91 Å². The standard InChI is InChI=1S/C23H24N2O5/c1-29-19-4-2-3-16-14-20(30-22(16)19)23(28)24-17-7-5-15(6-8-17)13-21(27)25-11-9-18(26)10-12-25/h2-8,14,18,26H,9-13H2,1H3,(H,24,28). The molecule has 1 aromatic heterocycles. The van der Waals surface area contributed by atoms with Crippen LogP contribution >= 0.6 is 0 Å². The van der Waals surface area contributed by atoms with Crippen molar-refractivity contribution in [2.24, 2.45) is 0 Å². The first-order valence-corrected chi connectivity index (χ1v) is 9.96. The molecule has 2 amide bonds. The summed E-state index contributed by atoms with van der Waals surface area (Å²) in [6, 6.07) is 14.3. The maximum atomic E-state index is 12.6. The van der Waals surface area contributed by atoms with Crippen LogP contribution < -0.4 is 10.1 Å². The molecule has 4 rings (SSSR count). The molecule has 0 bridgehead atoms. The van der Waals surface area contributed by atoms with Crippen LogP contribution in [0.25, 0.3) is 11.0 Å². The molecule has 0 spiro atoms. The highest BCUT2D eigenvalue weighted by Crippen LogP contribution is 2.28. The number of ether oxygens (including phenoxy) is 1. The summed E-state index contributed by atoms with van der Waals surface area (Å²) in [7, 11) is 1.55. The highest BCUT2D eigenvalue weighted by Gasteiger charge is 2.21. The summed E-state index contributed by atoms with van der Waals surface area (Å²) in [6.07, 6.45) is 1.26. The molecule has 2 N–H and O–H groups in total. The summed E-state index contributed by atoms with van der Waals surface area (Å²) in [5.41, 5.74) is 2.02. The van der Waals surface area contributed by atoms with Gasteiger partial charge in [0, 0.05) is 24.2 Å². The number of furan rings is 1. The van der Waals surface area contributed by atoms with Crippen LogP contribution in [-0.4, -0.2) is 48.1 Å². The van der Waals surface area contributed by atoms with Crippen molar-refractivity contribution in [2.75, 3.05) is 25.5 Å². The number of hydrogen-bond donors (Lipinski definition) is 2. The highest BCUT2D eigenvalue weighted by atomic mass is 16.5. The lowest BCUT2D eigenvalue weighted by Gasteiger charge is -2.29. The van der Waals surface area contributed by atoms with Gasteiger partial charge in [-0.05, 0) is 42.7 Å². The first kappa shape index (κ1) is 20.0. The minimum Gasteiger partial charge on any atom is -0.493 e. The topological polar surface area (TPSA) is 92.0 Å². The fourth-order valence-corrected chi connectivity index (χ4v) is 3.61. The maximum Gasteiger partial charge on any atom is 0.291 e. The molecule has 0 saturated carbocycles. The van der Waals surface area contributed by atoms with E-state index in [0.29, 0.717) is 49.4 Å². The fourth-order valence-electron chi connectivity index (χ4n) is 3.61. The van der Waals surface area contributed by atoms with Gasteiger partial charge in [-0.2, -0.15) is 0 Å². The van der Waals surface area contributed by atoms with Crippen LogP contribution in [0.5, 0.6) is 5.75 Å². The number of likely N-dealkylation sites (tertiary alicyclic amines) is 1. The van der Waals surface area contributed by atoms with Crippen molar-refractivity contribution in [3.05, 3.63) is 59.9 Å². The van der Waals surface area contributed by atoms with Crippen molar-refractivity contribution < 1.29 is 23.8 Å². The average Bonchev–Trinajstić information content (AvgIpc) is 3.20. The Hall–Kier alpha value is -3.32. The number of fused-ring (bicyclic) bond motifs is 1. The Labute approximate surface area is 174 Å². The molecule has 2 heterocycles. The zero-order chi connectivity index (χ0) is 21.1. The Morgan fingerprint density at radius 2 is 1.90 bits per heavy atom. The minimum atomic E-state index is -0.357. The first-order chi connectivity index (χ1) is 14.5. The molecule has 1 aliphatic rings. The Kier molecular flexibility index (Phi) is 5.72. The monoisotopic (exact) mass is 408 g/mol. The number of anilines is 1. The van der Waals surface area contributed by atoms with Crippen molar-refractivity contribution in [2.45, 2.75) is 25.4 Å². The molecule has 1 aliphatic heterocycles. The number of aliphatic hydroxyl groups excluding tert-OH is 1.